The first-order valence-electron chi connectivity index (χ1n) is 6.94. The van der Waals surface area contributed by atoms with Crippen LogP contribution in [0.4, 0.5) is 0 Å². The number of hydrogen-bond acceptors (Lipinski definition) is 3. The van der Waals surface area contributed by atoms with Gasteiger partial charge in [0, 0.05) is 17.3 Å². The third-order valence-corrected chi connectivity index (χ3v) is 5.31. The summed E-state index contributed by atoms with van der Waals surface area (Å²) in [6.07, 6.45) is 2.13. The summed E-state index contributed by atoms with van der Waals surface area (Å²) in [6, 6.07) is 0. The van der Waals surface area contributed by atoms with Gasteiger partial charge in [-0.25, -0.2) is 0 Å². The summed E-state index contributed by atoms with van der Waals surface area (Å²) >= 11 is 0. The first-order valence-corrected chi connectivity index (χ1v) is 6.94. The minimum Gasteiger partial charge on any atom is -0.393 e. The second-order valence-corrected chi connectivity index (χ2v) is 6.99. The summed E-state index contributed by atoms with van der Waals surface area (Å²) in [5.41, 5.74) is -0.135. The van der Waals surface area contributed by atoms with E-state index >= 15 is 0 Å². The highest BCUT2D eigenvalue weighted by Gasteiger charge is 2.54. The van der Waals surface area contributed by atoms with Crippen LogP contribution in [0.2, 0.25) is 0 Å². The molecule has 0 radical (unpaired) electrons. The average Bonchev–Trinajstić information content (AvgIpc) is 2.22. The molecule has 5 atom stereocenters. The Balaban J connectivity index is 2.32. The number of rotatable bonds is 1. The van der Waals surface area contributed by atoms with Crippen molar-refractivity contribution in [2.75, 3.05) is 0 Å². The van der Waals surface area contributed by atoms with Gasteiger partial charge in [0.2, 0.25) is 0 Å². The maximum atomic E-state index is 10.6. The molecule has 0 aromatic heterocycles. The summed E-state index contributed by atoms with van der Waals surface area (Å²) in [5.74, 6) is -0.232. The quantitative estimate of drug-likeness (QED) is 0.626. The van der Waals surface area contributed by atoms with Crippen molar-refractivity contribution in [3.8, 4) is 0 Å². The lowest BCUT2D eigenvalue weighted by molar-refractivity contribution is -0.152. The van der Waals surface area contributed by atoms with E-state index in [2.05, 4.69) is 13.5 Å². The summed E-state index contributed by atoms with van der Waals surface area (Å²) in [5, 5.41) is 31.1. The fraction of sp³-hybridized carbons (Fsp3) is 0.867. The van der Waals surface area contributed by atoms with Crippen molar-refractivity contribution in [3.63, 3.8) is 0 Å². The van der Waals surface area contributed by atoms with E-state index in [1.165, 1.54) is 0 Å². The number of hydrogen-bond donors (Lipinski definition) is 3. The molecular formula is C15H26O3. The number of aliphatic hydroxyl groups excluding tert-OH is 2. The third kappa shape index (κ3) is 2.02. The van der Waals surface area contributed by atoms with E-state index in [1.807, 2.05) is 0 Å². The second-order valence-electron chi connectivity index (χ2n) is 6.99. The van der Waals surface area contributed by atoms with Crippen LogP contribution >= 0.6 is 0 Å². The Morgan fingerprint density at radius 2 is 1.89 bits per heavy atom. The smallest absolute Gasteiger partial charge is 0.0666 e. The molecule has 0 spiro atoms. The zero-order chi connectivity index (χ0) is 13.7. The molecule has 0 unspecified atom stereocenters. The van der Waals surface area contributed by atoms with Gasteiger partial charge in [-0.05, 0) is 39.5 Å². The molecule has 2 aliphatic rings. The van der Waals surface area contributed by atoms with Crippen molar-refractivity contribution < 1.29 is 15.3 Å². The fourth-order valence-corrected chi connectivity index (χ4v) is 4.08. The Kier molecular flexibility index (Phi) is 3.37. The van der Waals surface area contributed by atoms with E-state index in [-0.39, 0.29) is 23.4 Å². The van der Waals surface area contributed by atoms with Gasteiger partial charge in [-0.3, -0.25) is 0 Å². The summed E-state index contributed by atoms with van der Waals surface area (Å²) in [4.78, 5) is 0. The SMILES string of the molecule is C=C1CC[C@@H](O)[C@]2(C)CC[C@@H](C(C)(C)O)[C@H](O)[C@@H]12. The average molecular weight is 254 g/mol. The molecule has 0 aromatic carbocycles. The molecule has 2 saturated carbocycles. The van der Waals surface area contributed by atoms with Crippen molar-refractivity contribution in [1.29, 1.82) is 0 Å². The summed E-state index contributed by atoms with van der Waals surface area (Å²) < 4.78 is 0. The minimum absolute atomic E-state index is 0.0913. The molecular weight excluding hydrogens is 228 g/mol. The van der Waals surface area contributed by atoms with Gasteiger partial charge in [-0.1, -0.05) is 19.1 Å². The minimum atomic E-state index is -0.885. The highest BCUT2D eigenvalue weighted by Crippen LogP contribution is 2.54. The third-order valence-electron chi connectivity index (χ3n) is 5.31. The topological polar surface area (TPSA) is 60.7 Å². The molecule has 0 aromatic rings. The zero-order valence-electron chi connectivity index (χ0n) is 11.7. The molecule has 2 aliphatic carbocycles. The Morgan fingerprint density at radius 1 is 1.28 bits per heavy atom. The van der Waals surface area contributed by atoms with Crippen molar-refractivity contribution in [2.24, 2.45) is 17.3 Å². The van der Waals surface area contributed by atoms with E-state index in [4.69, 9.17) is 0 Å². The van der Waals surface area contributed by atoms with Crippen LogP contribution in [0, 0.1) is 17.3 Å². The van der Waals surface area contributed by atoms with Gasteiger partial charge >= 0.3 is 0 Å². The van der Waals surface area contributed by atoms with Crippen LogP contribution in [0.15, 0.2) is 12.2 Å². The first kappa shape index (κ1) is 14.0. The molecule has 2 fully saturated rings. The van der Waals surface area contributed by atoms with Crippen LogP contribution in [-0.2, 0) is 0 Å². The Morgan fingerprint density at radius 3 is 2.44 bits per heavy atom. The van der Waals surface area contributed by atoms with Crippen molar-refractivity contribution in [1.82, 2.24) is 0 Å². The van der Waals surface area contributed by atoms with E-state index < -0.39 is 11.7 Å². The van der Waals surface area contributed by atoms with E-state index in [0.717, 1.165) is 31.3 Å². The lowest BCUT2D eigenvalue weighted by Crippen LogP contribution is -2.57. The largest absolute Gasteiger partial charge is 0.393 e. The fourth-order valence-electron chi connectivity index (χ4n) is 4.08. The van der Waals surface area contributed by atoms with E-state index in [9.17, 15) is 15.3 Å². The highest BCUT2D eigenvalue weighted by molar-refractivity contribution is 5.18. The van der Waals surface area contributed by atoms with Crippen molar-refractivity contribution in [2.45, 2.75) is 64.3 Å². The lowest BCUT2D eigenvalue weighted by Gasteiger charge is -2.55. The van der Waals surface area contributed by atoms with Gasteiger partial charge in [0.05, 0.1) is 17.8 Å². The summed E-state index contributed by atoms with van der Waals surface area (Å²) in [6.45, 7) is 9.66. The van der Waals surface area contributed by atoms with Gasteiger partial charge in [-0.2, -0.15) is 0 Å². The predicted octanol–water partition coefficient (Wildman–Crippen LogP) is 1.86. The van der Waals surface area contributed by atoms with Crippen LogP contribution < -0.4 is 0 Å². The molecule has 104 valence electrons. The van der Waals surface area contributed by atoms with Crippen molar-refractivity contribution in [3.05, 3.63) is 12.2 Å². The van der Waals surface area contributed by atoms with E-state index in [1.54, 1.807) is 13.8 Å². The molecule has 0 bridgehead atoms. The first-order chi connectivity index (χ1) is 8.18. The van der Waals surface area contributed by atoms with Crippen LogP contribution in [0.5, 0.6) is 0 Å². The van der Waals surface area contributed by atoms with Gasteiger partial charge in [-0.15, -0.1) is 0 Å². The molecule has 0 amide bonds. The zero-order valence-corrected chi connectivity index (χ0v) is 11.7. The maximum absolute atomic E-state index is 10.6. The molecule has 0 saturated heterocycles. The molecule has 3 nitrogen and oxygen atoms in total. The standard InChI is InChI=1S/C15H26O3/c1-9-5-6-11(16)15(4)8-7-10(14(2,3)18)13(17)12(9)15/h10-13,16-18H,1,5-8H2,2-4H3/t10-,11-,12-,13+,15+/m1/s1. The normalized spacial score (nSPS) is 45.8. The molecule has 3 N–H and O–H groups in total. The Labute approximate surface area is 110 Å². The summed E-state index contributed by atoms with van der Waals surface area (Å²) in [7, 11) is 0. The van der Waals surface area contributed by atoms with Gasteiger partial charge in [0.1, 0.15) is 0 Å². The maximum Gasteiger partial charge on any atom is 0.0666 e. The molecule has 2 rings (SSSR count). The van der Waals surface area contributed by atoms with Gasteiger partial charge in [0.15, 0.2) is 0 Å². The predicted molar refractivity (Wildman–Crippen MR) is 71.0 cm³/mol. The lowest BCUT2D eigenvalue weighted by atomic mass is 9.53. The number of aliphatic hydroxyl groups is 3. The molecule has 3 heteroatoms. The van der Waals surface area contributed by atoms with Crippen LogP contribution in [0.25, 0.3) is 0 Å². The highest BCUT2D eigenvalue weighted by atomic mass is 16.3. The Hall–Kier alpha value is -0.380. The van der Waals surface area contributed by atoms with E-state index in [0.29, 0.717) is 0 Å². The monoisotopic (exact) mass is 254 g/mol. The van der Waals surface area contributed by atoms with Crippen LogP contribution in [-0.4, -0.2) is 33.1 Å². The Bertz CT molecular complexity index is 344. The molecule has 0 aliphatic heterocycles. The van der Waals surface area contributed by atoms with Gasteiger partial charge < -0.3 is 15.3 Å². The van der Waals surface area contributed by atoms with Gasteiger partial charge in [0.25, 0.3) is 0 Å². The molecule has 0 heterocycles. The second kappa shape index (κ2) is 4.32. The van der Waals surface area contributed by atoms with Crippen LogP contribution in [0.3, 0.4) is 0 Å². The van der Waals surface area contributed by atoms with Crippen molar-refractivity contribution >= 4 is 0 Å². The van der Waals surface area contributed by atoms with Crippen LogP contribution in [0.1, 0.15) is 46.5 Å². The molecule has 18 heavy (non-hydrogen) atoms. The number of fused-ring (bicyclic) bond motifs is 1.